The molecule has 3 aromatic rings. The van der Waals surface area contributed by atoms with Crippen molar-refractivity contribution in [2.24, 2.45) is 0 Å². The molecule has 1 N–H and O–H groups in total. The number of hydrogen-bond donors (Lipinski definition) is 1. The fourth-order valence-corrected chi connectivity index (χ4v) is 5.52. The number of benzene rings is 3. The zero-order valence-electron chi connectivity index (χ0n) is 24.2. The van der Waals surface area contributed by atoms with Crippen LogP contribution in [-0.4, -0.2) is 62.2 Å². The van der Waals surface area contributed by atoms with E-state index >= 15 is 0 Å². The predicted molar refractivity (Wildman–Crippen MR) is 160 cm³/mol. The smallest absolute Gasteiger partial charge is 0.304 e. The Morgan fingerprint density at radius 3 is 1.98 bits per heavy atom. The molecule has 1 atom stereocenters. The van der Waals surface area contributed by atoms with Gasteiger partial charge in [-0.1, -0.05) is 72.8 Å². The zero-order chi connectivity index (χ0) is 29.4. The van der Waals surface area contributed by atoms with E-state index in [1.807, 2.05) is 100 Å². The molecule has 0 fully saturated rings. The van der Waals surface area contributed by atoms with Crippen LogP contribution in [0.3, 0.4) is 0 Å². The maximum absolute atomic E-state index is 14.2. The summed E-state index contributed by atoms with van der Waals surface area (Å²) >= 11 is 0. The summed E-state index contributed by atoms with van der Waals surface area (Å²) in [6.07, 6.45) is 0.280. The molecular formula is C31H40N4O4S. The summed E-state index contributed by atoms with van der Waals surface area (Å²) in [5, 5.41) is 2.96. The van der Waals surface area contributed by atoms with Crippen molar-refractivity contribution in [2.75, 3.05) is 24.9 Å². The molecule has 0 aliphatic rings. The van der Waals surface area contributed by atoms with Crippen LogP contribution in [-0.2, 0) is 32.8 Å². The van der Waals surface area contributed by atoms with Crippen LogP contribution in [0.5, 0.6) is 0 Å². The Hall–Kier alpha value is -3.69. The molecule has 0 aliphatic carbocycles. The summed E-state index contributed by atoms with van der Waals surface area (Å²) in [6, 6.07) is 23.4. The predicted octanol–water partition coefficient (Wildman–Crippen LogP) is 4.08. The Kier molecular flexibility index (Phi) is 10.5. The Morgan fingerprint density at radius 1 is 0.850 bits per heavy atom. The van der Waals surface area contributed by atoms with Gasteiger partial charge in [0.2, 0.25) is 11.8 Å². The van der Waals surface area contributed by atoms with Gasteiger partial charge in [-0.05, 0) is 56.0 Å². The van der Waals surface area contributed by atoms with E-state index in [4.69, 9.17) is 0 Å². The van der Waals surface area contributed by atoms with E-state index in [1.54, 1.807) is 6.07 Å². The van der Waals surface area contributed by atoms with Crippen LogP contribution in [0.4, 0.5) is 5.69 Å². The number of hydrogen-bond acceptors (Lipinski definition) is 4. The summed E-state index contributed by atoms with van der Waals surface area (Å²) < 4.78 is 29.3. The fraction of sp³-hybridized carbons (Fsp3) is 0.355. The molecule has 0 saturated heterocycles. The van der Waals surface area contributed by atoms with Gasteiger partial charge in [0.05, 0.1) is 5.69 Å². The molecule has 0 aliphatic heterocycles. The lowest BCUT2D eigenvalue weighted by Crippen LogP contribution is -2.55. The van der Waals surface area contributed by atoms with Crippen molar-refractivity contribution >= 4 is 27.7 Å². The number of rotatable bonds is 12. The highest BCUT2D eigenvalue weighted by atomic mass is 32.2. The third-order valence-electron chi connectivity index (χ3n) is 6.55. The van der Waals surface area contributed by atoms with Crippen LogP contribution in [0.1, 0.15) is 36.1 Å². The van der Waals surface area contributed by atoms with E-state index < -0.39 is 28.7 Å². The van der Waals surface area contributed by atoms with Crippen LogP contribution < -0.4 is 9.62 Å². The molecular weight excluding hydrogens is 524 g/mol. The molecule has 8 nitrogen and oxygen atoms in total. The summed E-state index contributed by atoms with van der Waals surface area (Å²) in [7, 11) is -1.16. The maximum Gasteiger partial charge on any atom is 0.304 e. The van der Waals surface area contributed by atoms with E-state index in [1.165, 1.54) is 19.0 Å². The summed E-state index contributed by atoms with van der Waals surface area (Å²) in [5.74, 6) is -0.771. The molecule has 0 heterocycles. The van der Waals surface area contributed by atoms with Gasteiger partial charge in [-0.25, -0.2) is 4.31 Å². The average Bonchev–Trinajstić information content (AvgIpc) is 2.91. The molecule has 0 spiro atoms. The Bertz CT molecular complexity index is 1390. The molecule has 1 unspecified atom stereocenters. The number of carbonyl (C=O) groups is 2. The summed E-state index contributed by atoms with van der Waals surface area (Å²) in [5.41, 5.74) is 3.74. The molecule has 3 aromatic carbocycles. The van der Waals surface area contributed by atoms with Crippen molar-refractivity contribution in [2.45, 2.75) is 52.7 Å². The van der Waals surface area contributed by atoms with E-state index in [0.29, 0.717) is 5.69 Å². The Labute approximate surface area is 238 Å². The van der Waals surface area contributed by atoms with Crippen LogP contribution in [0, 0.1) is 13.8 Å². The second-order valence-corrected chi connectivity index (χ2v) is 12.5. The average molecular weight is 565 g/mol. The molecule has 9 heteroatoms. The summed E-state index contributed by atoms with van der Waals surface area (Å²) in [4.78, 5) is 29.4. The number of amides is 2. The minimum atomic E-state index is -4.04. The molecule has 0 radical (unpaired) electrons. The van der Waals surface area contributed by atoms with Crippen molar-refractivity contribution in [1.29, 1.82) is 0 Å². The lowest BCUT2D eigenvalue weighted by atomic mass is 10.0. The van der Waals surface area contributed by atoms with Gasteiger partial charge in [0.1, 0.15) is 12.6 Å². The topological polar surface area (TPSA) is 90.0 Å². The van der Waals surface area contributed by atoms with E-state index in [0.717, 1.165) is 30.9 Å². The minimum Gasteiger partial charge on any atom is -0.352 e. The summed E-state index contributed by atoms with van der Waals surface area (Å²) in [6.45, 7) is 7.11. The van der Waals surface area contributed by atoms with Crippen molar-refractivity contribution in [3.63, 3.8) is 0 Å². The largest absolute Gasteiger partial charge is 0.352 e. The lowest BCUT2D eigenvalue weighted by molar-refractivity contribution is -0.140. The number of nitrogens with zero attached hydrogens (tertiary/aromatic N) is 3. The first-order chi connectivity index (χ1) is 18.9. The number of anilines is 1. The third kappa shape index (κ3) is 7.92. The van der Waals surface area contributed by atoms with Crippen molar-refractivity contribution in [3.05, 3.63) is 101 Å². The van der Waals surface area contributed by atoms with Gasteiger partial charge in [-0.2, -0.15) is 12.7 Å². The third-order valence-corrected chi connectivity index (χ3v) is 8.36. The molecule has 3 rings (SSSR count). The Morgan fingerprint density at radius 2 is 1.43 bits per heavy atom. The molecule has 0 bridgehead atoms. The first kappa shape index (κ1) is 30.8. The highest BCUT2D eigenvalue weighted by molar-refractivity contribution is 7.90. The van der Waals surface area contributed by atoms with E-state index in [2.05, 4.69) is 5.32 Å². The normalized spacial score (nSPS) is 12.3. The van der Waals surface area contributed by atoms with E-state index in [9.17, 15) is 18.0 Å². The second kappa shape index (κ2) is 13.6. The van der Waals surface area contributed by atoms with E-state index in [-0.39, 0.29) is 24.9 Å². The standard InChI is InChI=1S/C31H40N4O4S/c1-23(2)32-31(37)29(20-26-13-9-7-10-14-26)34(21-27-15-11-8-12-16-27)30(36)22-35(40(38,39)33(5)6)28-19-24(3)17-18-25(28)4/h7-19,23,29H,20-22H2,1-6H3,(H,32,37). The monoisotopic (exact) mass is 564 g/mol. The highest BCUT2D eigenvalue weighted by Gasteiger charge is 2.35. The van der Waals surface area contributed by atoms with Crippen LogP contribution >= 0.6 is 0 Å². The lowest BCUT2D eigenvalue weighted by Gasteiger charge is -2.35. The number of aryl methyl sites for hydroxylation is 2. The van der Waals surface area contributed by atoms with Gasteiger partial charge >= 0.3 is 10.2 Å². The SMILES string of the molecule is Cc1ccc(C)c(N(CC(=O)N(Cc2ccccc2)C(Cc2ccccc2)C(=O)NC(C)C)S(=O)(=O)N(C)C)c1. The van der Waals surface area contributed by atoms with Gasteiger partial charge in [-0.3, -0.25) is 9.59 Å². The van der Waals surface area contributed by atoms with Crippen LogP contribution in [0.2, 0.25) is 0 Å². The first-order valence-corrected chi connectivity index (χ1v) is 14.7. The van der Waals surface area contributed by atoms with Crippen molar-refractivity contribution in [1.82, 2.24) is 14.5 Å². The molecule has 40 heavy (non-hydrogen) atoms. The van der Waals surface area contributed by atoms with Crippen molar-refractivity contribution in [3.8, 4) is 0 Å². The van der Waals surface area contributed by atoms with Gasteiger partial charge in [-0.15, -0.1) is 0 Å². The van der Waals surface area contributed by atoms with Crippen molar-refractivity contribution < 1.29 is 18.0 Å². The molecule has 2 amide bonds. The highest BCUT2D eigenvalue weighted by Crippen LogP contribution is 2.26. The molecule has 0 saturated carbocycles. The second-order valence-electron chi connectivity index (χ2n) is 10.5. The van der Waals surface area contributed by atoms with Crippen LogP contribution in [0.25, 0.3) is 0 Å². The van der Waals surface area contributed by atoms with Gasteiger partial charge in [0.15, 0.2) is 0 Å². The first-order valence-electron chi connectivity index (χ1n) is 13.3. The number of nitrogens with one attached hydrogen (secondary N) is 1. The molecule has 0 aromatic heterocycles. The van der Waals surface area contributed by atoms with Gasteiger partial charge in [0, 0.05) is 33.1 Å². The molecule has 214 valence electrons. The van der Waals surface area contributed by atoms with Gasteiger partial charge in [0.25, 0.3) is 0 Å². The quantitative estimate of drug-likeness (QED) is 0.359. The maximum atomic E-state index is 14.2. The number of carbonyl (C=O) groups excluding carboxylic acids is 2. The zero-order valence-corrected chi connectivity index (χ0v) is 25.0. The Balaban J connectivity index is 2.11. The van der Waals surface area contributed by atoms with Gasteiger partial charge < -0.3 is 10.2 Å². The minimum absolute atomic E-state index is 0.139. The fourth-order valence-electron chi connectivity index (χ4n) is 4.40. The van der Waals surface area contributed by atoms with Crippen LogP contribution in [0.15, 0.2) is 78.9 Å².